The Morgan fingerprint density at radius 3 is 2.89 bits per heavy atom. The number of aromatic nitrogens is 5. The summed E-state index contributed by atoms with van der Waals surface area (Å²) in [5, 5.41) is 11.4. The Kier molecular flexibility index (Phi) is 3.30. The molecule has 2 heterocycles. The smallest absolute Gasteiger partial charge is 0.138 e. The lowest BCUT2D eigenvalue weighted by molar-refractivity contribution is 0.178. The van der Waals surface area contributed by atoms with E-state index in [1.807, 2.05) is 16.9 Å². The third kappa shape index (κ3) is 2.55. The summed E-state index contributed by atoms with van der Waals surface area (Å²) in [7, 11) is 0. The Bertz CT molecular complexity index is 463. The SMILES string of the molecule is c1ccc(CC(Cn2cnnn2)C2CCC2)nc1. The number of hydrogen-bond donors (Lipinski definition) is 0. The van der Waals surface area contributed by atoms with Crippen LogP contribution in [-0.2, 0) is 13.0 Å². The van der Waals surface area contributed by atoms with E-state index in [1.165, 1.54) is 25.0 Å². The van der Waals surface area contributed by atoms with Crippen LogP contribution < -0.4 is 0 Å². The molecule has 0 amide bonds. The lowest BCUT2D eigenvalue weighted by Crippen LogP contribution is -2.28. The molecule has 1 saturated carbocycles. The van der Waals surface area contributed by atoms with Gasteiger partial charge in [-0.25, -0.2) is 4.68 Å². The third-order valence-electron chi connectivity index (χ3n) is 3.83. The molecule has 18 heavy (non-hydrogen) atoms. The van der Waals surface area contributed by atoms with Crippen LogP contribution in [-0.4, -0.2) is 25.2 Å². The molecule has 0 spiro atoms. The lowest BCUT2D eigenvalue weighted by atomic mass is 9.74. The predicted molar refractivity (Wildman–Crippen MR) is 66.6 cm³/mol. The number of tetrazole rings is 1. The van der Waals surface area contributed by atoms with E-state index in [1.54, 1.807) is 6.33 Å². The Hall–Kier alpha value is -1.78. The topological polar surface area (TPSA) is 56.5 Å². The molecule has 94 valence electrons. The van der Waals surface area contributed by atoms with Gasteiger partial charge in [0.25, 0.3) is 0 Å². The summed E-state index contributed by atoms with van der Waals surface area (Å²) in [6.45, 7) is 0.897. The molecule has 0 aromatic carbocycles. The molecule has 1 atom stereocenters. The highest BCUT2D eigenvalue weighted by atomic mass is 15.5. The maximum Gasteiger partial charge on any atom is 0.138 e. The molecule has 0 bridgehead atoms. The van der Waals surface area contributed by atoms with Gasteiger partial charge in [-0.2, -0.15) is 0 Å². The van der Waals surface area contributed by atoms with Crippen LogP contribution in [0.5, 0.6) is 0 Å². The minimum absolute atomic E-state index is 0.595. The monoisotopic (exact) mass is 243 g/mol. The van der Waals surface area contributed by atoms with Crippen LogP contribution >= 0.6 is 0 Å². The summed E-state index contributed by atoms with van der Waals surface area (Å²) in [6, 6.07) is 6.12. The molecule has 0 saturated heterocycles. The second kappa shape index (κ2) is 5.25. The average Bonchev–Trinajstić information content (AvgIpc) is 2.81. The lowest BCUT2D eigenvalue weighted by Gasteiger charge is -2.33. The van der Waals surface area contributed by atoms with Gasteiger partial charge in [0.05, 0.1) is 0 Å². The molecule has 2 aromatic rings. The van der Waals surface area contributed by atoms with Gasteiger partial charge in [-0.15, -0.1) is 5.10 Å². The Labute approximate surface area is 106 Å². The van der Waals surface area contributed by atoms with Crippen LogP contribution in [0.4, 0.5) is 0 Å². The van der Waals surface area contributed by atoms with Gasteiger partial charge in [-0.1, -0.05) is 25.3 Å². The van der Waals surface area contributed by atoms with E-state index in [2.05, 4.69) is 32.6 Å². The molecule has 1 aliphatic rings. The molecule has 2 aromatic heterocycles. The van der Waals surface area contributed by atoms with Crippen molar-refractivity contribution in [3.8, 4) is 0 Å². The maximum atomic E-state index is 4.43. The maximum absolute atomic E-state index is 4.43. The van der Waals surface area contributed by atoms with Crippen molar-refractivity contribution in [2.24, 2.45) is 11.8 Å². The highest BCUT2D eigenvalue weighted by Gasteiger charge is 2.28. The normalized spacial score (nSPS) is 17.3. The summed E-state index contributed by atoms with van der Waals surface area (Å²) < 4.78 is 1.84. The first-order valence-corrected chi connectivity index (χ1v) is 6.52. The molecule has 5 nitrogen and oxygen atoms in total. The first kappa shape index (κ1) is 11.3. The van der Waals surface area contributed by atoms with Gasteiger partial charge in [0.2, 0.25) is 0 Å². The summed E-state index contributed by atoms with van der Waals surface area (Å²) >= 11 is 0. The van der Waals surface area contributed by atoms with E-state index in [4.69, 9.17) is 0 Å². The number of hydrogen-bond acceptors (Lipinski definition) is 4. The first-order valence-electron chi connectivity index (χ1n) is 6.52. The van der Waals surface area contributed by atoms with Crippen molar-refractivity contribution in [2.45, 2.75) is 32.2 Å². The minimum atomic E-state index is 0.595. The predicted octanol–water partition coefficient (Wildman–Crippen LogP) is 1.73. The quantitative estimate of drug-likeness (QED) is 0.802. The zero-order valence-corrected chi connectivity index (χ0v) is 10.3. The Morgan fingerprint density at radius 1 is 1.33 bits per heavy atom. The van der Waals surface area contributed by atoms with Gasteiger partial charge in [-0.05, 0) is 40.8 Å². The largest absolute Gasteiger partial charge is 0.261 e. The van der Waals surface area contributed by atoms with Gasteiger partial charge in [0.1, 0.15) is 6.33 Å². The minimum Gasteiger partial charge on any atom is -0.261 e. The van der Waals surface area contributed by atoms with Gasteiger partial charge in [0, 0.05) is 18.4 Å². The van der Waals surface area contributed by atoms with Crippen molar-refractivity contribution in [1.82, 2.24) is 25.2 Å². The summed E-state index contributed by atoms with van der Waals surface area (Å²) in [6.07, 6.45) is 8.61. The molecule has 1 aliphatic carbocycles. The van der Waals surface area contributed by atoms with E-state index in [-0.39, 0.29) is 0 Å². The molecule has 0 aliphatic heterocycles. The number of pyridine rings is 1. The molecular formula is C13H17N5. The van der Waals surface area contributed by atoms with Crippen molar-refractivity contribution < 1.29 is 0 Å². The number of rotatable bonds is 5. The van der Waals surface area contributed by atoms with E-state index < -0.39 is 0 Å². The fraction of sp³-hybridized carbons (Fsp3) is 0.538. The van der Waals surface area contributed by atoms with Crippen LogP contribution in [0.15, 0.2) is 30.7 Å². The fourth-order valence-electron chi connectivity index (χ4n) is 2.58. The highest BCUT2D eigenvalue weighted by molar-refractivity contribution is 5.05. The van der Waals surface area contributed by atoms with E-state index in [0.29, 0.717) is 5.92 Å². The summed E-state index contributed by atoms with van der Waals surface area (Å²) in [5.74, 6) is 1.40. The summed E-state index contributed by atoms with van der Waals surface area (Å²) in [5.41, 5.74) is 1.17. The fourth-order valence-corrected chi connectivity index (χ4v) is 2.58. The summed E-state index contributed by atoms with van der Waals surface area (Å²) in [4.78, 5) is 4.43. The van der Waals surface area contributed by atoms with E-state index in [0.717, 1.165) is 18.9 Å². The van der Waals surface area contributed by atoms with Gasteiger partial charge in [0.15, 0.2) is 0 Å². The molecule has 1 fully saturated rings. The zero-order chi connectivity index (χ0) is 12.2. The molecule has 0 N–H and O–H groups in total. The second-order valence-electron chi connectivity index (χ2n) is 5.01. The van der Waals surface area contributed by atoms with Gasteiger partial charge < -0.3 is 0 Å². The van der Waals surface area contributed by atoms with E-state index in [9.17, 15) is 0 Å². The standard InChI is InChI=1S/C13H17N5/c1-2-7-14-13(6-1)8-12(11-4-3-5-11)9-18-10-15-16-17-18/h1-2,6-7,10-12H,3-5,8-9H2. The highest BCUT2D eigenvalue weighted by Crippen LogP contribution is 2.35. The molecule has 0 radical (unpaired) electrons. The molecule has 5 heteroatoms. The van der Waals surface area contributed by atoms with Crippen molar-refractivity contribution >= 4 is 0 Å². The van der Waals surface area contributed by atoms with Crippen molar-refractivity contribution in [3.63, 3.8) is 0 Å². The van der Waals surface area contributed by atoms with Gasteiger partial charge >= 0.3 is 0 Å². The number of nitrogens with zero attached hydrogens (tertiary/aromatic N) is 5. The molecular weight excluding hydrogens is 226 g/mol. The van der Waals surface area contributed by atoms with Crippen molar-refractivity contribution in [2.75, 3.05) is 0 Å². The zero-order valence-electron chi connectivity index (χ0n) is 10.3. The average molecular weight is 243 g/mol. The Morgan fingerprint density at radius 2 is 2.28 bits per heavy atom. The van der Waals surface area contributed by atoms with E-state index >= 15 is 0 Å². The van der Waals surface area contributed by atoms with Crippen LogP contribution in [0, 0.1) is 11.8 Å². The van der Waals surface area contributed by atoms with Crippen LogP contribution in [0.3, 0.4) is 0 Å². The van der Waals surface area contributed by atoms with Crippen molar-refractivity contribution in [1.29, 1.82) is 0 Å². The van der Waals surface area contributed by atoms with Gasteiger partial charge in [-0.3, -0.25) is 4.98 Å². The first-order chi connectivity index (χ1) is 8.92. The second-order valence-corrected chi connectivity index (χ2v) is 5.01. The molecule has 1 unspecified atom stereocenters. The van der Waals surface area contributed by atoms with Crippen LogP contribution in [0.1, 0.15) is 25.0 Å². The van der Waals surface area contributed by atoms with Crippen LogP contribution in [0.25, 0.3) is 0 Å². The molecule has 3 rings (SSSR count). The van der Waals surface area contributed by atoms with Crippen LogP contribution in [0.2, 0.25) is 0 Å². The van der Waals surface area contributed by atoms with Crippen molar-refractivity contribution in [3.05, 3.63) is 36.4 Å². The third-order valence-corrected chi connectivity index (χ3v) is 3.83. The Balaban J connectivity index is 1.69.